The van der Waals surface area contributed by atoms with E-state index in [0.29, 0.717) is 0 Å². The normalized spacial score (nSPS) is 11.1. The van der Waals surface area contributed by atoms with E-state index in [1.807, 2.05) is 0 Å². The summed E-state index contributed by atoms with van der Waals surface area (Å²) in [6.45, 7) is 0. The highest BCUT2D eigenvalue weighted by Crippen LogP contribution is 2.50. The van der Waals surface area contributed by atoms with Gasteiger partial charge in [-0.05, 0) is 93.2 Å². The number of hydrogen-bond donors (Lipinski definition) is 0. The van der Waals surface area contributed by atoms with Crippen LogP contribution >= 0.6 is 0 Å². The van der Waals surface area contributed by atoms with Gasteiger partial charge in [0.15, 0.2) is 0 Å². The monoisotopic (exact) mass is 740 g/mol. The summed E-state index contributed by atoms with van der Waals surface area (Å²) >= 11 is 0. The quantitative estimate of drug-likeness (QED) is 0.145. The molecule has 0 saturated carbocycles. The fraction of sp³-hybridized carbons (Fsp3) is 0. The Morgan fingerprint density at radius 3 is 1.21 bits per heavy atom. The largest absolute Gasteiger partial charge is 0.310 e. The molecule has 0 unspecified atom stereocenters. The van der Waals surface area contributed by atoms with Crippen molar-refractivity contribution in [3.05, 3.63) is 243 Å². The minimum atomic E-state index is 1.09. The lowest BCUT2D eigenvalue weighted by Crippen LogP contribution is -2.13. The molecule has 0 saturated heterocycles. The van der Waals surface area contributed by atoms with E-state index in [4.69, 9.17) is 0 Å². The summed E-state index contributed by atoms with van der Waals surface area (Å²) in [6.07, 6.45) is 0. The number of para-hydroxylation sites is 2. The first-order valence-electron chi connectivity index (χ1n) is 19.9. The van der Waals surface area contributed by atoms with Crippen molar-refractivity contribution >= 4 is 55.7 Å². The lowest BCUT2D eigenvalue weighted by atomic mass is 9.85. The Morgan fingerprint density at radius 2 is 0.638 bits per heavy atom. The molecule has 0 aliphatic heterocycles. The zero-order valence-electron chi connectivity index (χ0n) is 32.0. The van der Waals surface area contributed by atoms with Crippen LogP contribution in [0.25, 0.3) is 54.9 Å². The van der Waals surface area contributed by atoms with Crippen molar-refractivity contribution in [1.29, 1.82) is 0 Å². The molecule has 58 heavy (non-hydrogen) atoms. The van der Waals surface area contributed by atoms with E-state index in [-0.39, 0.29) is 0 Å². The Labute approximate surface area is 340 Å². The van der Waals surface area contributed by atoms with Gasteiger partial charge in [0.1, 0.15) is 0 Å². The van der Waals surface area contributed by atoms with Crippen LogP contribution in [0.15, 0.2) is 243 Å². The van der Waals surface area contributed by atoms with Gasteiger partial charge in [-0.3, -0.25) is 0 Å². The molecular weight excluding hydrogens is 701 g/mol. The van der Waals surface area contributed by atoms with E-state index >= 15 is 0 Å². The molecule has 10 aromatic rings. The molecule has 2 nitrogen and oxygen atoms in total. The zero-order valence-corrected chi connectivity index (χ0v) is 32.0. The Hall–Kier alpha value is -7.68. The highest BCUT2D eigenvalue weighted by atomic mass is 15.2. The second-order valence-corrected chi connectivity index (χ2v) is 14.5. The molecule has 0 radical (unpaired) electrons. The molecule has 0 aromatic heterocycles. The molecule has 10 aromatic carbocycles. The van der Waals surface area contributed by atoms with E-state index in [2.05, 4.69) is 252 Å². The molecule has 0 amide bonds. The van der Waals surface area contributed by atoms with Crippen molar-refractivity contribution in [3.63, 3.8) is 0 Å². The SMILES string of the molecule is c1ccc(-c2ccc(N(c3ccccc3)c3cccc4ccccc34)c(-c3ccc(N(c4ccccc4)c4cccc5ccccc45)cc3)c2-c2ccccc2)cc1. The third-order valence-electron chi connectivity index (χ3n) is 11.0. The van der Waals surface area contributed by atoms with Gasteiger partial charge in [0.05, 0.1) is 17.1 Å². The minimum absolute atomic E-state index is 1.09. The van der Waals surface area contributed by atoms with Crippen LogP contribution in [0.2, 0.25) is 0 Å². The van der Waals surface area contributed by atoms with E-state index < -0.39 is 0 Å². The summed E-state index contributed by atoms with van der Waals surface area (Å²) in [5.41, 5.74) is 13.6. The summed E-state index contributed by atoms with van der Waals surface area (Å²) in [6, 6.07) is 87.4. The average molecular weight is 741 g/mol. The molecule has 0 fully saturated rings. The van der Waals surface area contributed by atoms with Crippen molar-refractivity contribution in [3.8, 4) is 33.4 Å². The first kappa shape index (κ1) is 34.8. The van der Waals surface area contributed by atoms with E-state index in [9.17, 15) is 0 Å². The number of benzene rings is 10. The van der Waals surface area contributed by atoms with Crippen LogP contribution in [0, 0.1) is 0 Å². The molecule has 10 rings (SSSR count). The molecule has 0 spiro atoms. The van der Waals surface area contributed by atoms with Crippen LogP contribution in [0.5, 0.6) is 0 Å². The maximum atomic E-state index is 2.44. The van der Waals surface area contributed by atoms with Gasteiger partial charge in [-0.15, -0.1) is 0 Å². The fourth-order valence-corrected chi connectivity index (χ4v) is 8.41. The molecule has 274 valence electrons. The van der Waals surface area contributed by atoms with Gasteiger partial charge in [-0.2, -0.15) is 0 Å². The van der Waals surface area contributed by atoms with E-state index in [0.717, 1.165) is 50.8 Å². The predicted octanol–water partition coefficient (Wildman–Crippen LogP) is 15.9. The molecule has 0 atom stereocenters. The van der Waals surface area contributed by atoms with Crippen LogP contribution in [0.3, 0.4) is 0 Å². The third-order valence-corrected chi connectivity index (χ3v) is 11.0. The van der Waals surface area contributed by atoms with Gasteiger partial charge in [-0.1, -0.05) is 188 Å². The second kappa shape index (κ2) is 15.5. The van der Waals surface area contributed by atoms with Crippen LogP contribution in [0.4, 0.5) is 34.1 Å². The topological polar surface area (TPSA) is 6.48 Å². The van der Waals surface area contributed by atoms with Crippen molar-refractivity contribution < 1.29 is 0 Å². The summed E-state index contributed by atoms with van der Waals surface area (Å²) in [5, 5.41) is 4.81. The van der Waals surface area contributed by atoms with Gasteiger partial charge in [0, 0.05) is 33.4 Å². The lowest BCUT2D eigenvalue weighted by molar-refractivity contribution is 1.29. The van der Waals surface area contributed by atoms with E-state index in [1.165, 1.54) is 38.2 Å². The number of nitrogens with zero attached hydrogens (tertiary/aromatic N) is 2. The second-order valence-electron chi connectivity index (χ2n) is 14.5. The minimum Gasteiger partial charge on any atom is -0.310 e. The molecule has 0 N–H and O–H groups in total. The zero-order chi connectivity index (χ0) is 38.7. The average Bonchev–Trinajstić information content (AvgIpc) is 3.31. The predicted molar refractivity (Wildman–Crippen MR) is 247 cm³/mol. The molecule has 0 aliphatic carbocycles. The van der Waals surface area contributed by atoms with E-state index in [1.54, 1.807) is 0 Å². The Kier molecular flexibility index (Phi) is 9.27. The van der Waals surface area contributed by atoms with Crippen molar-refractivity contribution in [2.24, 2.45) is 0 Å². The first-order valence-corrected chi connectivity index (χ1v) is 19.9. The Bertz CT molecular complexity index is 2970. The van der Waals surface area contributed by atoms with Gasteiger partial charge < -0.3 is 9.80 Å². The maximum absolute atomic E-state index is 2.44. The summed E-state index contributed by atoms with van der Waals surface area (Å²) in [7, 11) is 0. The molecule has 0 heterocycles. The smallest absolute Gasteiger partial charge is 0.0546 e. The van der Waals surface area contributed by atoms with Crippen molar-refractivity contribution in [2.75, 3.05) is 9.80 Å². The number of anilines is 6. The maximum Gasteiger partial charge on any atom is 0.0546 e. The van der Waals surface area contributed by atoms with Gasteiger partial charge in [0.25, 0.3) is 0 Å². The Balaban J connectivity index is 1.25. The Morgan fingerprint density at radius 1 is 0.224 bits per heavy atom. The van der Waals surface area contributed by atoms with Crippen molar-refractivity contribution in [2.45, 2.75) is 0 Å². The van der Waals surface area contributed by atoms with Crippen LogP contribution < -0.4 is 9.80 Å². The van der Waals surface area contributed by atoms with Crippen LogP contribution in [-0.2, 0) is 0 Å². The van der Waals surface area contributed by atoms with Gasteiger partial charge >= 0.3 is 0 Å². The molecular formula is C56H40N2. The summed E-state index contributed by atoms with van der Waals surface area (Å²) < 4.78 is 0. The van der Waals surface area contributed by atoms with Gasteiger partial charge in [0.2, 0.25) is 0 Å². The number of fused-ring (bicyclic) bond motifs is 2. The van der Waals surface area contributed by atoms with Crippen LogP contribution in [0.1, 0.15) is 0 Å². The van der Waals surface area contributed by atoms with Gasteiger partial charge in [-0.25, -0.2) is 0 Å². The fourth-order valence-electron chi connectivity index (χ4n) is 8.41. The summed E-state index contributed by atoms with van der Waals surface area (Å²) in [5.74, 6) is 0. The van der Waals surface area contributed by atoms with Crippen LogP contribution in [-0.4, -0.2) is 0 Å². The highest BCUT2D eigenvalue weighted by Gasteiger charge is 2.25. The first-order chi connectivity index (χ1) is 28.8. The van der Waals surface area contributed by atoms with Crippen molar-refractivity contribution in [1.82, 2.24) is 0 Å². The third kappa shape index (κ3) is 6.47. The molecule has 2 heteroatoms. The summed E-state index contributed by atoms with van der Waals surface area (Å²) in [4.78, 5) is 4.82. The molecule has 0 bridgehead atoms. The number of hydrogen-bond acceptors (Lipinski definition) is 2. The lowest BCUT2D eigenvalue weighted by Gasteiger charge is -2.31. The highest BCUT2D eigenvalue weighted by molar-refractivity contribution is 6.07. The standard InChI is InChI=1S/C56H40N2/c1-5-19-43(20-6-1)51-39-40-54(58(47-29-11-4-12-30-47)53-34-18-26-42-22-14-16-32-50(42)53)56(55(51)44-23-7-2-8-24-44)45-35-37-48(38-36-45)57(46-27-9-3-10-28-46)52-33-17-25-41-21-13-15-31-49(41)52/h1-40H. The molecule has 0 aliphatic rings. The number of rotatable bonds is 9.